The minimum atomic E-state index is -0.0819. The molecule has 0 spiro atoms. The third-order valence-electron chi connectivity index (χ3n) is 4.95. The average Bonchev–Trinajstić information content (AvgIpc) is 2.91. The molecule has 110 valence electrons. The number of benzene rings is 1. The second-order valence-corrected chi connectivity index (χ2v) is 7.16. The zero-order valence-electron chi connectivity index (χ0n) is 13.0. The summed E-state index contributed by atoms with van der Waals surface area (Å²) in [4.78, 5) is 0. The van der Waals surface area contributed by atoms with Crippen molar-refractivity contribution in [3.63, 3.8) is 0 Å². The maximum Gasteiger partial charge on any atom is 0.124 e. The van der Waals surface area contributed by atoms with Crippen LogP contribution in [-0.4, -0.2) is 11.6 Å². The van der Waals surface area contributed by atoms with Crippen molar-refractivity contribution in [3.8, 4) is 5.75 Å². The summed E-state index contributed by atoms with van der Waals surface area (Å²) in [5.74, 6) is 1.91. The summed E-state index contributed by atoms with van der Waals surface area (Å²) >= 11 is 0. The molecule has 1 aromatic rings. The summed E-state index contributed by atoms with van der Waals surface area (Å²) in [5, 5.41) is 3.89. The summed E-state index contributed by atoms with van der Waals surface area (Å²) in [6.07, 6.45) is 6.64. The highest BCUT2D eigenvalue weighted by Crippen LogP contribution is 2.40. The van der Waals surface area contributed by atoms with Crippen molar-refractivity contribution < 1.29 is 4.74 Å². The topological polar surface area (TPSA) is 21.3 Å². The zero-order chi connectivity index (χ0) is 14.2. The van der Waals surface area contributed by atoms with Crippen molar-refractivity contribution in [3.05, 3.63) is 29.8 Å². The summed E-state index contributed by atoms with van der Waals surface area (Å²) in [7, 11) is 0. The first kappa shape index (κ1) is 13.9. The van der Waals surface area contributed by atoms with Crippen molar-refractivity contribution >= 4 is 0 Å². The van der Waals surface area contributed by atoms with Gasteiger partial charge in [0.05, 0.1) is 0 Å². The number of hydrogen-bond acceptors (Lipinski definition) is 2. The molecule has 20 heavy (non-hydrogen) atoms. The number of nitrogens with one attached hydrogen (secondary N) is 1. The second-order valence-electron chi connectivity index (χ2n) is 7.16. The minimum absolute atomic E-state index is 0.0819. The Morgan fingerprint density at radius 2 is 1.90 bits per heavy atom. The smallest absolute Gasteiger partial charge is 0.124 e. The SMILES string of the molecule is C[C@@H](NC1CC(C)(C)Oc2ccccc21)C1CCCC1. The molecule has 2 aliphatic rings. The van der Waals surface area contributed by atoms with Crippen LogP contribution in [0.25, 0.3) is 0 Å². The largest absolute Gasteiger partial charge is 0.487 e. The van der Waals surface area contributed by atoms with Gasteiger partial charge in [-0.3, -0.25) is 0 Å². The predicted octanol–water partition coefficient (Wildman–Crippen LogP) is 4.46. The van der Waals surface area contributed by atoms with Crippen LogP contribution in [0.2, 0.25) is 0 Å². The Hall–Kier alpha value is -1.02. The molecule has 0 radical (unpaired) electrons. The van der Waals surface area contributed by atoms with Gasteiger partial charge in [0.2, 0.25) is 0 Å². The van der Waals surface area contributed by atoms with Gasteiger partial charge in [-0.15, -0.1) is 0 Å². The molecular weight excluding hydrogens is 246 g/mol. The van der Waals surface area contributed by atoms with E-state index in [1.54, 1.807) is 0 Å². The Bertz CT molecular complexity index is 462. The van der Waals surface area contributed by atoms with Crippen LogP contribution in [0.5, 0.6) is 5.75 Å². The van der Waals surface area contributed by atoms with Crippen molar-refractivity contribution in [2.24, 2.45) is 5.92 Å². The van der Waals surface area contributed by atoms with E-state index < -0.39 is 0 Å². The molecule has 1 fully saturated rings. The van der Waals surface area contributed by atoms with Gasteiger partial charge >= 0.3 is 0 Å². The van der Waals surface area contributed by atoms with Gasteiger partial charge < -0.3 is 10.1 Å². The highest BCUT2D eigenvalue weighted by molar-refractivity contribution is 5.38. The van der Waals surface area contributed by atoms with E-state index in [-0.39, 0.29) is 5.60 Å². The van der Waals surface area contributed by atoms with E-state index in [1.807, 2.05) is 0 Å². The van der Waals surface area contributed by atoms with Gasteiger partial charge in [0.25, 0.3) is 0 Å². The van der Waals surface area contributed by atoms with E-state index in [1.165, 1.54) is 31.2 Å². The molecule has 1 N–H and O–H groups in total. The number of hydrogen-bond donors (Lipinski definition) is 1. The molecule has 0 amide bonds. The molecule has 0 bridgehead atoms. The van der Waals surface area contributed by atoms with Gasteiger partial charge in [0.15, 0.2) is 0 Å². The van der Waals surface area contributed by atoms with Gasteiger partial charge in [-0.2, -0.15) is 0 Å². The predicted molar refractivity (Wildman–Crippen MR) is 83.1 cm³/mol. The number of ether oxygens (including phenoxy) is 1. The lowest BCUT2D eigenvalue weighted by molar-refractivity contribution is 0.0623. The first-order valence-electron chi connectivity index (χ1n) is 8.09. The fourth-order valence-electron chi connectivity index (χ4n) is 3.86. The first-order chi connectivity index (χ1) is 9.55. The first-order valence-corrected chi connectivity index (χ1v) is 8.09. The summed E-state index contributed by atoms with van der Waals surface area (Å²) < 4.78 is 6.12. The maximum atomic E-state index is 6.12. The van der Waals surface area contributed by atoms with E-state index in [4.69, 9.17) is 4.74 Å². The Kier molecular flexibility index (Phi) is 3.76. The summed E-state index contributed by atoms with van der Waals surface area (Å²) in [6.45, 7) is 6.75. The van der Waals surface area contributed by atoms with Crippen LogP contribution < -0.4 is 10.1 Å². The van der Waals surface area contributed by atoms with E-state index in [0.717, 1.165) is 18.1 Å². The summed E-state index contributed by atoms with van der Waals surface area (Å²) in [6, 6.07) is 9.53. The molecule has 2 nitrogen and oxygen atoms in total. The molecule has 1 aliphatic carbocycles. The Labute approximate surface area is 122 Å². The normalized spacial score (nSPS) is 26.9. The Morgan fingerprint density at radius 3 is 2.65 bits per heavy atom. The maximum absolute atomic E-state index is 6.12. The molecule has 1 heterocycles. The van der Waals surface area contributed by atoms with E-state index in [0.29, 0.717) is 12.1 Å². The monoisotopic (exact) mass is 273 g/mol. The quantitative estimate of drug-likeness (QED) is 0.878. The highest BCUT2D eigenvalue weighted by Gasteiger charge is 2.35. The minimum Gasteiger partial charge on any atom is -0.487 e. The van der Waals surface area contributed by atoms with Gasteiger partial charge in [-0.1, -0.05) is 31.0 Å². The standard InChI is InChI=1S/C18H27NO/c1-13(14-8-4-5-9-14)19-16-12-18(2,3)20-17-11-7-6-10-15(16)17/h6-7,10-11,13-14,16,19H,4-5,8-9,12H2,1-3H3/t13-,16?/m1/s1. The van der Waals surface area contributed by atoms with Gasteiger partial charge in [0.1, 0.15) is 11.4 Å². The molecule has 2 heteroatoms. The van der Waals surface area contributed by atoms with E-state index in [9.17, 15) is 0 Å². The highest BCUT2D eigenvalue weighted by atomic mass is 16.5. The number of para-hydroxylation sites is 1. The van der Waals surface area contributed by atoms with Crippen LogP contribution in [0, 0.1) is 5.92 Å². The van der Waals surface area contributed by atoms with Gasteiger partial charge in [-0.05, 0) is 45.6 Å². The third-order valence-corrected chi connectivity index (χ3v) is 4.95. The van der Waals surface area contributed by atoms with Gasteiger partial charge in [-0.25, -0.2) is 0 Å². The second kappa shape index (κ2) is 5.40. The molecule has 1 aromatic carbocycles. The van der Waals surface area contributed by atoms with Crippen molar-refractivity contribution in [1.29, 1.82) is 0 Å². The Balaban J connectivity index is 1.78. The van der Waals surface area contributed by atoms with E-state index >= 15 is 0 Å². The molecule has 2 atom stereocenters. The van der Waals surface area contributed by atoms with E-state index in [2.05, 4.69) is 50.4 Å². The van der Waals surface area contributed by atoms with Crippen molar-refractivity contribution in [1.82, 2.24) is 5.32 Å². The van der Waals surface area contributed by atoms with Crippen molar-refractivity contribution in [2.75, 3.05) is 0 Å². The fourth-order valence-corrected chi connectivity index (χ4v) is 3.86. The lowest BCUT2D eigenvalue weighted by atomic mass is 9.88. The average molecular weight is 273 g/mol. The molecule has 1 aliphatic heterocycles. The van der Waals surface area contributed by atoms with Crippen LogP contribution in [0.3, 0.4) is 0 Å². The van der Waals surface area contributed by atoms with Crippen LogP contribution >= 0.6 is 0 Å². The lowest BCUT2D eigenvalue weighted by Gasteiger charge is -2.39. The summed E-state index contributed by atoms with van der Waals surface area (Å²) in [5.41, 5.74) is 1.25. The number of rotatable bonds is 3. The lowest BCUT2D eigenvalue weighted by Crippen LogP contribution is -2.43. The van der Waals surface area contributed by atoms with Crippen LogP contribution in [0.1, 0.15) is 64.5 Å². The molecule has 0 saturated heterocycles. The fraction of sp³-hybridized carbons (Fsp3) is 0.667. The number of fused-ring (bicyclic) bond motifs is 1. The zero-order valence-corrected chi connectivity index (χ0v) is 13.0. The third kappa shape index (κ3) is 2.85. The van der Waals surface area contributed by atoms with Crippen LogP contribution in [-0.2, 0) is 0 Å². The molecule has 1 unspecified atom stereocenters. The molecular formula is C18H27NO. The van der Waals surface area contributed by atoms with Crippen LogP contribution in [0.4, 0.5) is 0 Å². The molecule has 0 aromatic heterocycles. The Morgan fingerprint density at radius 1 is 1.20 bits per heavy atom. The molecule has 1 saturated carbocycles. The van der Waals surface area contributed by atoms with Gasteiger partial charge in [0, 0.05) is 24.1 Å². The molecule has 3 rings (SSSR count). The van der Waals surface area contributed by atoms with Crippen molar-refractivity contribution in [2.45, 2.75) is 70.6 Å². The van der Waals surface area contributed by atoms with Crippen LogP contribution in [0.15, 0.2) is 24.3 Å².